The molecule has 0 N–H and O–H groups in total. The predicted molar refractivity (Wildman–Crippen MR) is 127 cm³/mol. The van der Waals surface area contributed by atoms with Crippen LogP contribution in [0.3, 0.4) is 0 Å². The lowest BCUT2D eigenvalue weighted by Gasteiger charge is -2.22. The number of para-hydroxylation sites is 1. The number of aromatic nitrogens is 2. The fourth-order valence-corrected chi connectivity index (χ4v) is 4.81. The van der Waals surface area contributed by atoms with E-state index < -0.39 is 16.0 Å². The van der Waals surface area contributed by atoms with Gasteiger partial charge < -0.3 is 9.15 Å². The predicted octanol–water partition coefficient (Wildman–Crippen LogP) is 4.96. The summed E-state index contributed by atoms with van der Waals surface area (Å²) in [6.07, 6.45) is 0. The Hall–Kier alpha value is -3.69. The van der Waals surface area contributed by atoms with E-state index in [1.54, 1.807) is 55.5 Å². The van der Waals surface area contributed by atoms with E-state index >= 15 is 0 Å². The second kappa shape index (κ2) is 10.1. The summed E-state index contributed by atoms with van der Waals surface area (Å²) >= 11 is 5.87. The lowest BCUT2D eigenvalue weighted by atomic mass is 10.2. The van der Waals surface area contributed by atoms with Gasteiger partial charge in [0.25, 0.3) is 15.9 Å². The number of carbonyl (C=O) groups excluding carboxylic acids is 1. The summed E-state index contributed by atoms with van der Waals surface area (Å²) < 4.78 is 38.2. The Morgan fingerprint density at radius 1 is 0.971 bits per heavy atom. The Kier molecular flexibility index (Phi) is 6.95. The van der Waals surface area contributed by atoms with Crippen molar-refractivity contribution in [2.24, 2.45) is 0 Å². The zero-order valence-corrected chi connectivity index (χ0v) is 19.7. The lowest BCUT2D eigenvalue weighted by molar-refractivity contribution is 0.0438. The maximum Gasteiger partial charge on any atom is 0.338 e. The third-order valence-corrected chi connectivity index (χ3v) is 7.06. The Morgan fingerprint density at radius 2 is 1.65 bits per heavy atom. The summed E-state index contributed by atoms with van der Waals surface area (Å²) in [6, 6.07) is 21.2. The van der Waals surface area contributed by atoms with Gasteiger partial charge in [-0.25, -0.2) is 13.2 Å². The zero-order valence-electron chi connectivity index (χ0n) is 18.1. The molecule has 1 heterocycles. The highest BCUT2D eigenvalue weighted by atomic mass is 35.5. The zero-order chi connectivity index (χ0) is 24.1. The minimum absolute atomic E-state index is 0.0688. The molecule has 34 heavy (non-hydrogen) atoms. The van der Waals surface area contributed by atoms with Crippen molar-refractivity contribution in [2.75, 3.05) is 10.8 Å². The lowest BCUT2D eigenvalue weighted by Crippen LogP contribution is -2.30. The first-order chi connectivity index (χ1) is 16.4. The third kappa shape index (κ3) is 5.11. The van der Waals surface area contributed by atoms with Gasteiger partial charge in [-0.15, -0.1) is 10.2 Å². The Bertz CT molecular complexity index is 1370. The van der Waals surface area contributed by atoms with Gasteiger partial charge in [-0.3, -0.25) is 4.31 Å². The first-order valence-electron chi connectivity index (χ1n) is 10.3. The highest BCUT2D eigenvalue weighted by Gasteiger charge is 2.24. The van der Waals surface area contributed by atoms with Crippen molar-refractivity contribution in [2.45, 2.75) is 18.4 Å². The Morgan fingerprint density at radius 3 is 2.29 bits per heavy atom. The van der Waals surface area contributed by atoms with E-state index in [0.717, 1.165) is 0 Å². The molecule has 174 valence electrons. The van der Waals surface area contributed by atoms with Gasteiger partial charge in [0.1, 0.15) is 0 Å². The normalized spacial score (nSPS) is 11.2. The summed E-state index contributed by atoms with van der Waals surface area (Å²) in [6.45, 7) is 1.79. The van der Waals surface area contributed by atoms with Gasteiger partial charge in [0.2, 0.25) is 5.89 Å². The molecule has 0 unspecified atom stereocenters. The second-order valence-corrected chi connectivity index (χ2v) is 9.41. The van der Waals surface area contributed by atoms with Gasteiger partial charge in [-0.05, 0) is 67.6 Å². The number of carbonyl (C=O) groups is 1. The molecule has 0 aliphatic rings. The van der Waals surface area contributed by atoms with E-state index in [-0.39, 0.29) is 35.4 Å². The summed E-state index contributed by atoms with van der Waals surface area (Å²) in [5.41, 5.74) is 1.44. The second-order valence-electron chi connectivity index (χ2n) is 7.11. The first kappa shape index (κ1) is 23.5. The van der Waals surface area contributed by atoms with Crippen molar-refractivity contribution in [1.29, 1.82) is 0 Å². The van der Waals surface area contributed by atoms with Crippen LogP contribution in [0.4, 0.5) is 5.69 Å². The molecule has 4 rings (SSSR count). The highest BCUT2D eigenvalue weighted by molar-refractivity contribution is 7.92. The molecule has 3 aromatic carbocycles. The van der Waals surface area contributed by atoms with Crippen molar-refractivity contribution in [3.63, 3.8) is 0 Å². The van der Waals surface area contributed by atoms with Crippen LogP contribution in [-0.2, 0) is 21.4 Å². The van der Waals surface area contributed by atoms with E-state index in [4.69, 9.17) is 20.8 Å². The van der Waals surface area contributed by atoms with Crippen molar-refractivity contribution in [3.8, 4) is 11.5 Å². The average Bonchev–Trinajstić information content (AvgIpc) is 3.33. The van der Waals surface area contributed by atoms with Gasteiger partial charge >= 0.3 is 5.97 Å². The van der Waals surface area contributed by atoms with Gasteiger partial charge in [0, 0.05) is 17.1 Å². The maximum absolute atomic E-state index is 13.1. The Labute approximate surface area is 201 Å². The fraction of sp³-hybridized carbons (Fsp3) is 0.125. The quantitative estimate of drug-likeness (QED) is 0.317. The van der Waals surface area contributed by atoms with E-state index in [1.165, 1.54) is 28.6 Å². The van der Waals surface area contributed by atoms with Crippen LogP contribution in [0.1, 0.15) is 23.2 Å². The molecule has 1 aromatic heterocycles. The highest BCUT2D eigenvalue weighted by Crippen LogP contribution is 2.24. The minimum atomic E-state index is -3.79. The van der Waals surface area contributed by atoms with E-state index in [1.807, 2.05) is 6.07 Å². The van der Waals surface area contributed by atoms with Crippen molar-refractivity contribution in [1.82, 2.24) is 10.2 Å². The molecule has 0 aliphatic carbocycles. The monoisotopic (exact) mass is 497 g/mol. The van der Waals surface area contributed by atoms with Gasteiger partial charge in [0.05, 0.1) is 16.1 Å². The van der Waals surface area contributed by atoms with E-state index in [2.05, 4.69) is 10.2 Å². The van der Waals surface area contributed by atoms with Crippen LogP contribution < -0.4 is 4.31 Å². The number of esters is 1. The molecule has 0 saturated carbocycles. The minimum Gasteiger partial charge on any atom is -0.452 e. The SMILES string of the molecule is CCN(c1ccccc1)S(=O)(=O)c1ccc(C(=O)OCc2nnc(-c3ccc(Cl)cc3)o2)cc1. The molecule has 0 atom stereocenters. The molecule has 8 nitrogen and oxygen atoms in total. The van der Waals surface area contributed by atoms with Crippen LogP contribution in [0.15, 0.2) is 88.2 Å². The number of anilines is 1. The van der Waals surface area contributed by atoms with Crippen LogP contribution in [-0.4, -0.2) is 31.1 Å². The maximum atomic E-state index is 13.1. The van der Waals surface area contributed by atoms with E-state index in [9.17, 15) is 13.2 Å². The van der Waals surface area contributed by atoms with E-state index in [0.29, 0.717) is 16.3 Å². The standard InChI is InChI=1S/C24H20ClN3O5S/c1-2-28(20-6-4-3-5-7-20)34(30,31)21-14-10-18(11-15-21)24(29)32-16-22-26-27-23(33-22)17-8-12-19(25)13-9-17/h3-15H,2,16H2,1H3. The van der Waals surface area contributed by atoms with Crippen LogP contribution in [0, 0.1) is 0 Å². The Balaban J connectivity index is 1.42. The van der Waals surface area contributed by atoms with Crippen LogP contribution >= 0.6 is 11.6 Å². The number of benzene rings is 3. The molecule has 0 spiro atoms. The van der Waals surface area contributed by atoms with Crippen LogP contribution in [0.5, 0.6) is 0 Å². The molecule has 0 amide bonds. The summed E-state index contributed by atoms with van der Waals surface area (Å²) in [7, 11) is -3.79. The van der Waals surface area contributed by atoms with Crippen molar-refractivity contribution in [3.05, 3.63) is 95.3 Å². The molecular formula is C24H20ClN3O5S. The van der Waals surface area contributed by atoms with Gasteiger partial charge in [-0.1, -0.05) is 29.8 Å². The number of hydrogen-bond donors (Lipinski definition) is 0. The third-order valence-electron chi connectivity index (χ3n) is 4.89. The average molecular weight is 498 g/mol. The number of nitrogens with zero attached hydrogens (tertiary/aromatic N) is 3. The van der Waals surface area contributed by atoms with Crippen molar-refractivity contribution < 1.29 is 22.4 Å². The van der Waals surface area contributed by atoms with Crippen molar-refractivity contribution >= 4 is 33.3 Å². The number of halogens is 1. The number of hydrogen-bond acceptors (Lipinski definition) is 7. The molecule has 0 radical (unpaired) electrons. The van der Waals surface area contributed by atoms with Gasteiger partial charge in [-0.2, -0.15) is 0 Å². The molecule has 0 fully saturated rings. The topological polar surface area (TPSA) is 103 Å². The molecule has 0 bridgehead atoms. The largest absolute Gasteiger partial charge is 0.452 e. The first-order valence-corrected chi connectivity index (χ1v) is 12.1. The van der Waals surface area contributed by atoms with Gasteiger partial charge in [0.15, 0.2) is 6.61 Å². The molecular weight excluding hydrogens is 478 g/mol. The summed E-state index contributed by atoms with van der Waals surface area (Å²) in [4.78, 5) is 12.5. The van der Waals surface area contributed by atoms with Crippen LogP contribution in [0.25, 0.3) is 11.5 Å². The molecule has 10 heteroatoms. The molecule has 0 aliphatic heterocycles. The number of sulfonamides is 1. The summed E-state index contributed by atoms with van der Waals surface area (Å²) in [5, 5.41) is 8.39. The molecule has 4 aromatic rings. The van der Waals surface area contributed by atoms with Crippen LogP contribution in [0.2, 0.25) is 5.02 Å². The molecule has 0 saturated heterocycles. The fourth-order valence-electron chi connectivity index (χ4n) is 3.21. The smallest absolute Gasteiger partial charge is 0.338 e. The number of ether oxygens (including phenoxy) is 1. The summed E-state index contributed by atoms with van der Waals surface area (Å²) in [5.74, 6) is -0.249. The number of rotatable bonds is 8.